The Morgan fingerprint density at radius 2 is 1.97 bits per heavy atom. The molecule has 0 spiro atoms. The lowest BCUT2D eigenvalue weighted by Gasteiger charge is -2.22. The number of fused-ring (bicyclic) bond motifs is 1. The van der Waals surface area contributed by atoms with E-state index in [1.807, 2.05) is 0 Å². The predicted molar refractivity (Wildman–Crippen MR) is 109 cm³/mol. The van der Waals surface area contributed by atoms with Crippen molar-refractivity contribution in [2.75, 3.05) is 18.4 Å². The van der Waals surface area contributed by atoms with Gasteiger partial charge in [0.05, 0.1) is 58.6 Å². The third-order valence-electron chi connectivity index (χ3n) is 4.40. The highest BCUT2D eigenvalue weighted by Crippen LogP contribution is 2.27. The minimum absolute atomic E-state index is 0.0557. The number of hydrogen-bond donors (Lipinski definition) is 3. The van der Waals surface area contributed by atoms with Crippen LogP contribution in [0.5, 0.6) is 0 Å². The van der Waals surface area contributed by atoms with Gasteiger partial charge in [-0.3, -0.25) is 9.78 Å². The molecular formula is C19H20ClF3N6O2. The lowest BCUT2D eigenvalue weighted by Crippen LogP contribution is -2.42. The standard InChI is InChI=1S/C19H20ClF3N6O2/c1-19(2,31)15(21)7-27-18(30)12-5-24-13(3-14(12)25-8-16(22)23)11-6-28-29-9-10(20)4-26-17(11)29/h3-6,9,15-16,31H,7-8H2,1-2H3,(H,24,25)(H,27,30). The van der Waals surface area contributed by atoms with Gasteiger partial charge in [-0.1, -0.05) is 11.6 Å². The first-order chi connectivity index (χ1) is 14.6. The molecule has 0 saturated heterocycles. The number of anilines is 1. The fraction of sp³-hybridized carbons (Fsp3) is 0.368. The number of nitrogens with zero attached hydrogens (tertiary/aromatic N) is 4. The molecule has 0 saturated carbocycles. The van der Waals surface area contributed by atoms with Crippen molar-refractivity contribution in [3.63, 3.8) is 0 Å². The minimum Gasteiger partial charge on any atom is -0.387 e. The van der Waals surface area contributed by atoms with Crippen molar-refractivity contribution in [2.24, 2.45) is 0 Å². The molecule has 31 heavy (non-hydrogen) atoms. The molecule has 3 rings (SSSR count). The van der Waals surface area contributed by atoms with Gasteiger partial charge in [0.2, 0.25) is 0 Å². The second-order valence-electron chi connectivity index (χ2n) is 7.32. The molecule has 12 heteroatoms. The summed E-state index contributed by atoms with van der Waals surface area (Å²) in [5.74, 6) is -0.729. The Labute approximate surface area is 180 Å². The maximum atomic E-state index is 13.9. The second-order valence-corrected chi connectivity index (χ2v) is 7.75. The number of hydrogen-bond acceptors (Lipinski definition) is 6. The molecule has 3 aromatic rings. The Morgan fingerprint density at radius 3 is 2.65 bits per heavy atom. The maximum Gasteiger partial charge on any atom is 0.255 e. The quantitative estimate of drug-likeness (QED) is 0.481. The molecule has 0 fully saturated rings. The normalized spacial score (nSPS) is 12.9. The smallest absolute Gasteiger partial charge is 0.255 e. The summed E-state index contributed by atoms with van der Waals surface area (Å²) in [5, 5.41) is 19.0. The first-order valence-electron chi connectivity index (χ1n) is 9.22. The molecule has 1 atom stereocenters. The molecule has 0 aliphatic heterocycles. The average Bonchev–Trinajstić information content (AvgIpc) is 3.12. The lowest BCUT2D eigenvalue weighted by atomic mass is 10.0. The van der Waals surface area contributed by atoms with Crippen LogP contribution in [0.15, 0.2) is 30.9 Å². The number of rotatable bonds is 8. The number of aromatic nitrogens is 4. The Kier molecular flexibility index (Phi) is 6.65. The molecule has 3 N–H and O–H groups in total. The van der Waals surface area contributed by atoms with Crippen LogP contribution in [-0.2, 0) is 0 Å². The second kappa shape index (κ2) is 9.06. The molecule has 3 aromatic heterocycles. The van der Waals surface area contributed by atoms with Crippen molar-refractivity contribution in [1.29, 1.82) is 0 Å². The van der Waals surface area contributed by atoms with Gasteiger partial charge in [0.1, 0.15) is 6.17 Å². The monoisotopic (exact) mass is 456 g/mol. The third kappa shape index (κ3) is 5.42. The zero-order chi connectivity index (χ0) is 22.8. The Bertz CT molecular complexity index is 1090. The molecule has 0 aliphatic rings. The van der Waals surface area contributed by atoms with E-state index in [0.717, 1.165) is 0 Å². The van der Waals surface area contributed by atoms with Crippen molar-refractivity contribution in [2.45, 2.75) is 32.0 Å². The van der Waals surface area contributed by atoms with Crippen molar-refractivity contribution >= 4 is 28.8 Å². The summed E-state index contributed by atoms with van der Waals surface area (Å²) in [6.07, 6.45) is 1.25. The number of carbonyl (C=O) groups is 1. The van der Waals surface area contributed by atoms with E-state index in [4.69, 9.17) is 11.6 Å². The molecule has 0 aromatic carbocycles. The highest BCUT2D eigenvalue weighted by Gasteiger charge is 2.27. The van der Waals surface area contributed by atoms with Crippen LogP contribution in [0.3, 0.4) is 0 Å². The molecule has 3 heterocycles. The predicted octanol–water partition coefficient (Wildman–Crippen LogP) is 2.96. The van der Waals surface area contributed by atoms with E-state index in [1.165, 1.54) is 43.0 Å². The highest BCUT2D eigenvalue weighted by atomic mass is 35.5. The van der Waals surface area contributed by atoms with E-state index in [9.17, 15) is 23.1 Å². The summed E-state index contributed by atoms with van der Waals surface area (Å²) in [5.41, 5.74) is -0.368. The molecule has 0 radical (unpaired) electrons. The minimum atomic E-state index is -2.67. The van der Waals surface area contributed by atoms with Crippen LogP contribution < -0.4 is 10.6 Å². The van der Waals surface area contributed by atoms with Gasteiger partial charge >= 0.3 is 0 Å². The van der Waals surface area contributed by atoms with E-state index in [-0.39, 0.29) is 11.3 Å². The lowest BCUT2D eigenvalue weighted by molar-refractivity contribution is -0.00177. The SMILES string of the molecule is CC(C)(O)C(F)CNC(=O)c1cnc(-c2cnn3cc(Cl)cnc23)cc1NCC(F)F. The Morgan fingerprint density at radius 1 is 1.23 bits per heavy atom. The van der Waals surface area contributed by atoms with Crippen LogP contribution in [0.2, 0.25) is 5.02 Å². The van der Waals surface area contributed by atoms with E-state index >= 15 is 0 Å². The zero-order valence-corrected chi connectivity index (χ0v) is 17.4. The number of carbonyl (C=O) groups excluding carboxylic acids is 1. The molecule has 166 valence electrons. The molecule has 0 aliphatic carbocycles. The summed E-state index contributed by atoms with van der Waals surface area (Å²) in [6.45, 7) is 1.37. The first kappa shape index (κ1) is 22.8. The van der Waals surface area contributed by atoms with Crippen molar-refractivity contribution in [3.8, 4) is 11.3 Å². The van der Waals surface area contributed by atoms with Gasteiger partial charge in [-0.2, -0.15) is 5.10 Å². The number of alkyl halides is 3. The van der Waals surface area contributed by atoms with E-state index in [2.05, 4.69) is 25.7 Å². The van der Waals surface area contributed by atoms with Crippen LogP contribution in [-0.4, -0.2) is 61.9 Å². The number of pyridine rings is 1. The van der Waals surface area contributed by atoms with Gasteiger partial charge in [-0.15, -0.1) is 0 Å². The number of halogens is 4. The molecule has 1 amide bonds. The van der Waals surface area contributed by atoms with Crippen molar-refractivity contribution in [1.82, 2.24) is 24.9 Å². The van der Waals surface area contributed by atoms with Gasteiger partial charge in [-0.25, -0.2) is 22.7 Å². The number of nitrogens with one attached hydrogen (secondary N) is 2. The topological polar surface area (TPSA) is 104 Å². The molecule has 1 unspecified atom stereocenters. The maximum absolute atomic E-state index is 13.9. The zero-order valence-electron chi connectivity index (χ0n) is 16.6. The number of aliphatic hydroxyl groups is 1. The van der Waals surface area contributed by atoms with Crippen LogP contribution in [0.25, 0.3) is 16.9 Å². The van der Waals surface area contributed by atoms with Crippen LogP contribution in [0.4, 0.5) is 18.9 Å². The van der Waals surface area contributed by atoms with Crippen molar-refractivity contribution < 1.29 is 23.1 Å². The number of amides is 1. The van der Waals surface area contributed by atoms with Crippen LogP contribution in [0, 0.1) is 0 Å². The molecule has 0 bridgehead atoms. The Balaban J connectivity index is 1.92. The van der Waals surface area contributed by atoms with Gasteiger partial charge < -0.3 is 15.7 Å². The molecular weight excluding hydrogens is 437 g/mol. The average molecular weight is 457 g/mol. The highest BCUT2D eigenvalue weighted by molar-refractivity contribution is 6.30. The summed E-state index contributed by atoms with van der Waals surface area (Å²) >= 11 is 5.90. The summed E-state index contributed by atoms with van der Waals surface area (Å²) < 4.78 is 40.9. The van der Waals surface area contributed by atoms with Crippen LogP contribution in [0.1, 0.15) is 24.2 Å². The van der Waals surface area contributed by atoms with E-state index < -0.39 is 37.2 Å². The van der Waals surface area contributed by atoms with Gasteiger partial charge in [0.25, 0.3) is 12.3 Å². The third-order valence-corrected chi connectivity index (χ3v) is 4.60. The summed E-state index contributed by atoms with van der Waals surface area (Å²) in [4.78, 5) is 20.9. The fourth-order valence-electron chi connectivity index (χ4n) is 2.68. The summed E-state index contributed by atoms with van der Waals surface area (Å²) in [6, 6.07) is 1.41. The van der Waals surface area contributed by atoms with Crippen LogP contribution >= 0.6 is 11.6 Å². The summed E-state index contributed by atoms with van der Waals surface area (Å²) in [7, 11) is 0. The van der Waals surface area contributed by atoms with Crippen molar-refractivity contribution in [3.05, 3.63) is 41.4 Å². The first-order valence-corrected chi connectivity index (χ1v) is 9.60. The Hall–Kier alpha value is -2.92. The van der Waals surface area contributed by atoms with Gasteiger partial charge in [-0.05, 0) is 19.9 Å². The fourth-order valence-corrected chi connectivity index (χ4v) is 2.82. The van der Waals surface area contributed by atoms with E-state index in [0.29, 0.717) is 21.9 Å². The molecule has 8 nitrogen and oxygen atoms in total. The largest absolute Gasteiger partial charge is 0.387 e. The van der Waals surface area contributed by atoms with Gasteiger partial charge in [0.15, 0.2) is 5.65 Å². The van der Waals surface area contributed by atoms with E-state index in [1.54, 1.807) is 6.20 Å². The van der Waals surface area contributed by atoms with Gasteiger partial charge in [0, 0.05) is 12.4 Å².